The lowest BCUT2D eigenvalue weighted by atomic mass is 10.2. The van der Waals surface area contributed by atoms with Crippen molar-refractivity contribution in [3.63, 3.8) is 0 Å². The molecule has 0 saturated heterocycles. The Kier molecular flexibility index (Phi) is 3.09. The summed E-state index contributed by atoms with van der Waals surface area (Å²) in [6.07, 6.45) is 9.90. The molecule has 1 aliphatic rings. The maximum Gasteiger partial charge on any atom is 0.181 e. The van der Waals surface area contributed by atoms with Crippen LogP contribution in [0.1, 0.15) is 30.1 Å². The summed E-state index contributed by atoms with van der Waals surface area (Å²) in [4.78, 5) is 13.4. The molecule has 124 valence electrons. The van der Waals surface area contributed by atoms with Gasteiger partial charge in [-0.25, -0.2) is 9.97 Å². The van der Waals surface area contributed by atoms with Crippen LogP contribution in [0.15, 0.2) is 53.7 Å². The topological polar surface area (TPSA) is 68.2 Å². The number of aryl methyl sites for hydroxylation is 1. The molecule has 0 spiro atoms. The molecule has 4 heterocycles. The summed E-state index contributed by atoms with van der Waals surface area (Å²) in [6.45, 7) is 1.91. The van der Waals surface area contributed by atoms with E-state index in [4.69, 9.17) is 9.40 Å². The number of oxazole rings is 1. The first-order chi connectivity index (χ1) is 12.3. The molecule has 5 rings (SSSR count). The van der Waals surface area contributed by atoms with Gasteiger partial charge in [-0.3, -0.25) is 4.98 Å². The van der Waals surface area contributed by atoms with E-state index in [0.717, 1.165) is 28.4 Å². The Morgan fingerprint density at radius 1 is 1.20 bits per heavy atom. The van der Waals surface area contributed by atoms with E-state index in [1.165, 1.54) is 24.9 Å². The molecule has 0 unspecified atom stereocenters. The first-order valence-electron chi connectivity index (χ1n) is 8.39. The molecule has 6 nitrogen and oxygen atoms in total. The number of anilines is 2. The van der Waals surface area contributed by atoms with Gasteiger partial charge in [-0.1, -0.05) is 0 Å². The minimum Gasteiger partial charge on any atom is -0.442 e. The Morgan fingerprint density at radius 2 is 2.12 bits per heavy atom. The van der Waals surface area contributed by atoms with Gasteiger partial charge in [0.2, 0.25) is 0 Å². The molecule has 1 saturated carbocycles. The fourth-order valence-corrected chi connectivity index (χ4v) is 3.01. The van der Waals surface area contributed by atoms with E-state index < -0.39 is 0 Å². The van der Waals surface area contributed by atoms with E-state index in [2.05, 4.69) is 25.9 Å². The fraction of sp³-hybridized carbons (Fsp3) is 0.211. The second-order valence-electron chi connectivity index (χ2n) is 6.42. The smallest absolute Gasteiger partial charge is 0.181 e. The molecule has 0 bridgehead atoms. The van der Waals surface area contributed by atoms with Crippen LogP contribution in [0.2, 0.25) is 0 Å². The lowest BCUT2D eigenvalue weighted by Crippen LogP contribution is -1.95. The van der Waals surface area contributed by atoms with Gasteiger partial charge in [0.1, 0.15) is 5.69 Å². The maximum absolute atomic E-state index is 5.39. The van der Waals surface area contributed by atoms with E-state index in [1.54, 1.807) is 6.20 Å². The summed E-state index contributed by atoms with van der Waals surface area (Å²) >= 11 is 0. The van der Waals surface area contributed by atoms with Crippen molar-refractivity contribution >= 4 is 17.0 Å². The van der Waals surface area contributed by atoms with Crippen LogP contribution in [0, 0.1) is 6.92 Å². The molecule has 1 fully saturated rings. The van der Waals surface area contributed by atoms with Crippen LogP contribution in [0.5, 0.6) is 0 Å². The molecule has 25 heavy (non-hydrogen) atoms. The molecule has 0 amide bonds. The van der Waals surface area contributed by atoms with E-state index in [9.17, 15) is 0 Å². The molecular weight excluding hydrogens is 314 g/mol. The zero-order valence-corrected chi connectivity index (χ0v) is 13.8. The number of nitrogens with zero attached hydrogens (tertiary/aromatic N) is 4. The van der Waals surface area contributed by atoms with Gasteiger partial charge < -0.3 is 14.1 Å². The number of aromatic nitrogens is 4. The highest BCUT2D eigenvalue weighted by atomic mass is 16.3. The van der Waals surface area contributed by atoms with Crippen molar-refractivity contribution in [3.05, 3.63) is 60.6 Å². The first kappa shape index (κ1) is 14.2. The standard InChI is InChI=1S/C19H17N5O/c1-12-18(25-11-21-12)15-7-6-14(9-20-15)22-16-3-2-8-24-10-17(13-4-5-13)23-19(16)24/h2-3,6-11,13,22H,4-5H2,1H3. The minimum atomic E-state index is 0.638. The predicted octanol–water partition coefficient (Wildman–Crippen LogP) is 4.31. The molecule has 1 aliphatic carbocycles. The summed E-state index contributed by atoms with van der Waals surface area (Å²) in [5.74, 6) is 1.34. The maximum atomic E-state index is 5.39. The Bertz CT molecular complexity index is 1040. The minimum absolute atomic E-state index is 0.638. The third-order valence-electron chi connectivity index (χ3n) is 4.52. The van der Waals surface area contributed by atoms with Crippen molar-refractivity contribution in [3.8, 4) is 11.5 Å². The molecule has 4 aromatic rings. The van der Waals surface area contributed by atoms with E-state index >= 15 is 0 Å². The van der Waals surface area contributed by atoms with Gasteiger partial charge in [-0.15, -0.1) is 0 Å². The van der Waals surface area contributed by atoms with Gasteiger partial charge >= 0.3 is 0 Å². The Balaban J connectivity index is 1.45. The van der Waals surface area contributed by atoms with Crippen molar-refractivity contribution in [2.75, 3.05) is 5.32 Å². The lowest BCUT2D eigenvalue weighted by Gasteiger charge is -2.07. The van der Waals surface area contributed by atoms with Gasteiger partial charge in [0.25, 0.3) is 0 Å². The Labute approximate surface area is 144 Å². The Hall–Kier alpha value is -3.15. The molecule has 4 aromatic heterocycles. The summed E-state index contributed by atoms with van der Waals surface area (Å²) in [7, 11) is 0. The molecule has 1 N–H and O–H groups in total. The van der Waals surface area contributed by atoms with Crippen LogP contribution in [0.25, 0.3) is 17.1 Å². The highest BCUT2D eigenvalue weighted by Crippen LogP contribution is 2.40. The summed E-state index contributed by atoms with van der Waals surface area (Å²) in [5, 5.41) is 3.41. The number of pyridine rings is 2. The molecule has 6 heteroatoms. The number of fused-ring (bicyclic) bond motifs is 1. The normalized spacial score (nSPS) is 14.1. The lowest BCUT2D eigenvalue weighted by molar-refractivity contribution is 0.569. The van der Waals surface area contributed by atoms with Crippen molar-refractivity contribution in [1.82, 2.24) is 19.4 Å². The monoisotopic (exact) mass is 331 g/mol. The van der Waals surface area contributed by atoms with E-state index in [1.807, 2.05) is 37.4 Å². The number of hydrogen-bond donors (Lipinski definition) is 1. The zero-order valence-electron chi connectivity index (χ0n) is 13.8. The second kappa shape index (κ2) is 5.44. The van der Waals surface area contributed by atoms with Gasteiger partial charge in [0.15, 0.2) is 17.8 Å². The number of rotatable bonds is 4. The van der Waals surface area contributed by atoms with Crippen molar-refractivity contribution in [2.24, 2.45) is 0 Å². The largest absolute Gasteiger partial charge is 0.442 e. The number of imidazole rings is 1. The number of nitrogens with one attached hydrogen (secondary N) is 1. The van der Waals surface area contributed by atoms with Crippen LogP contribution in [0.4, 0.5) is 11.4 Å². The zero-order chi connectivity index (χ0) is 16.8. The average Bonchev–Trinajstić information content (AvgIpc) is 3.24. The van der Waals surface area contributed by atoms with E-state index in [-0.39, 0.29) is 0 Å². The fourth-order valence-electron chi connectivity index (χ4n) is 3.01. The third-order valence-corrected chi connectivity index (χ3v) is 4.52. The first-order valence-corrected chi connectivity index (χ1v) is 8.39. The molecule has 0 aliphatic heterocycles. The van der Waals surface area contributed by atoms with Crippen molar-refractivity contribution in [1.29, 1.82) is 0 Å². The molecule has 0 atom stereocenters. The van der Waals surface area contributed by atoms with Crippen molar-refractivity contribution < 1.29 is 4.42 Å². The van der Waals surface area contributed by atoms with Gasteiger partial charge in [-0.2, -0.15) is 0 Å². The van der Waals surface area contributed by atoms with Crippen LogP contribution >= 0.6 is 0 Å². The SMILES string of the molecule is Cc1ncoc1-c1ccc(Nc2cccn3cc(C4CC4)nc23)cn1. The highest BCUT2D eigenvalue weighted by molar-refractivity contribution is 5.74. The van der Waals surface area contributed by atoms with Gasteiger partial charge in [0, 0.05) is 18.3 Å². The quantitative estimate of drug-likeness (QED) is 0.603. The van der Waals surface area contributed by atoms with Gasteiger partial charge in [-0.05, 0) is 44.0 Å². The van der Waals surface area contributed by atoms with Crippen LogP contribution in [-0.2, 0) is 0 Å². The molecule has 0 aromatic carbocycles. The summed E-state index contributed by atoms with van der Waals surface area (Å²) in [6, 6.07) is 7.97. The molecule has 0 radical (unpaired) electrons. The van der Waals surface area contributed by atoms with Crippen LogP contribution < -0.4 is 5.32 Å². The van der Waals surface area contributed by atoms with E-state index in [0.29, 0.717) is 11.7 Å². The summed E-state index contributed by atoms with van der Waals surface area (Å²) < 4.78 is 7.47. The highest BCUT2D eigenvalue weighted by Gasteiger charge is 2.26. The van der Waals surface area contributed by atoms with Crippen LogP contribution in [0.3, 0.4) is 0 Å². The second-order valence-corrected chi connectivity index (χ2v) is 6.42. The van der Waals surface area contributed by atoms with Gasteiger partial charge in [0.05, 0.1) is 29.0 Å². The predicted molar refractivity (Wildman–Crippen MR) is 94.9 cm³/mol. The summed E-state index contributed by atoms with van der Waals surface area (Å²) in [5.41, 5.74) is 5.62. The number of hydrogen-bond acceptors (Lipinski definition) is 5. The van der Waals surface area contributed by atoms with Crippen molar-refractivity contribution in [2.45, 2.75) is 25.7 Å². The third kappa shape index (κ3) is 2.55. The molecular formula is C19H17N5O. The Morgan fingerprint density at radius 3 is 2.84 bits per heavy atom. The average molecular weight is 331 g/mol. The van der Waals surface area contributed by atoms with Crippen LogP contribution in [-0.4, -0.2) is 19.4 Å².